The zero-order valence-electron chi connectivity index (χ0n) is 33.9. The topological polar surface area (TPSA) is 83.1 Å². The van der Waals surface area contributed by atoms with Crippen LogP contribution in [-0.2, 0) is 42.6 Å². The Morgan fingerprint density at radius 3 is 0.900 bits per heavy atom. The van der Waals surface area contributed by atoms with Crippen molar-refractivity contribution in [3.63, 3.8) is 0 Å². The molecular weight excluding hydrogens is 636 g/mol. The molecule has 4 fully saturated rings. The Balaban J connectivity index is -0.000000156. The fourth-order valence-electron chi connectivity index (χ4n) is 5.19. The Hall–Kier alpha value is -2.88. The molecule has 0 saturated heterocycles. The standard InChI is InChI=1S/C8H14O.2C7H14O.C4H8O.5C3H6O/c1-9-8-5-6-2-3-7(8)4-6;2*1-8-7-5-3-2-4-6-7;1-3-5-4-2;5*1-3-4-2/h6-8H,2-5H2,1H3;2*7H,2-6H2,1H3;3H,1,4H2,2H3;5*3H,1H2,2H3. The summed E-state index contributed by atoms with van der Waals surface area (Å²) in [5.41, 5.74) is 0. The van der Waals surface area contributed by atoms with Gasteiger partial charge in [0.15, 0.2) is 0 Å². The second-order valence-corrected chi connectivity index (χ2v) is 11.1. The van der Waals surface area contributed by atoms with Gasteiger partial charge in [0.2, 0.25) is 0 Å². The number of hydrogen-bond acceptors (Lipinski definition) is 9. The van der Waals surface area contributed by atoms with Crippen molar-refractivity contribution in [2.45, 2.75) is 115 Å². The van der Waals surface area contributed by atoms with E-state index in [2.05, 4.69) is 67.9 Å². The number of fused-ring (bicyclic) bond motifs is 2. The number of ether oxygens (including phenoxy) is 9. The molecule has 50 heavy (non-hydrogen) atoms. The molecule has 2 bridgehead atoms. The zero-order chi connectivity index (χ0) is 39.1. The predicted octanol–water partition coefficient (Wildman–Crippen LogP) is 10.8. The van der Waals surface area contributed by atoms with Gasteiger partial charge in [-0.2, -0.15) is 0 Å². The quantitative estimate of drug-likeness (QED) is 0.205. The molecule has 0 N–H and O–H groups in total. The first-order valence-corrected chi connectivity index (χ1v) is 17.7. The summed E-state index contributed by atoms with van der Waals surface area (Å²) in [7, 11) is 13.3. The van der Waals surface area contributed by atoms with Crippen molar-refractivity contribution in [1.82, 2.24) is 0 Å². The van der Waals surface area contributed by atoms with Crippen molar-refractivity contribution in [2.24, 2.45) is 11.8 Å². The summed E-state index contributed by atoms with van der Waals surface area (Å²) in [6.45, 7) is 22.3. The molecule has 4 aliphatic carbocycles. The molecule has 0 aromatic rings. The van der Waals surface area contributed by atoms with Gasteiger partial charge in [0.1, 0.15) is 0 Å². The lowest BCUT2D eigenvalue weighted by molar-refractivity contribution is 0.0572. The molecule has 0 aromatic carbocycles. The first-order valence-electron chi connectivity index (χ1n) is 17.7. The van der Waals surface area contributed by atoms with E-state index in [0.717, 1.165) is 18.4 Å². The van der Waals surface area contributed by atoms with Crippen molar-refractivity contribution in [3.8, 4) is 0 Å². The second-order valence-electron chi connectivity index (χ2n) is 11.1. The largest absolute Gasteiger partial charge is 0.505 e. The summed E-state index contributed by atoms with van der Waals surface area (Å²) >= 11 is 0. The van der Waals surface area contributed by atoms with Gasteiger partial charge in [0.25, 0.3) is 0 Å². The summed E-state index contributed by atoms with van der Waals surface area (Å²) in [6.07, 6.45) is 29.3. The Morgan fingerprint density at radius 1 is 0.440 bits per heavy atom. The van der Waals surface area contributed by atoms with Crippen LogP contribution in [0.5, 0.6) is 0 Å². The molecule has 4 aliphatic rings. The smallest absolute Gasteiger partial charge is 0.0844 e. The molecule has 0 radical (unpaired) electrons. The van der Waals surface area contributed by atoms with Crippen molar-refractivity contribution < 1.29 is 42.6 Å². The molecule has 4 saturated carbocycles. The molecule has 0 aliphatic heterocycles. The lowest BCUT2D eigenvalue weighted by Crippen LogP contribution is -2.18. The Kier molecular flexibility index (Phi) is 59.8. The molecule has 0 spiro atoms. The van der Waals surface area contributed by atoms with Gasteiger partial charge in [-0.15, -0.1) is 0 Å². The van der Waals surface area contributed by atoms with Crippen LogP contribution < -0.4 is 0 Å². The highest BCUT2D eigenvalue weighted by molar-refractivity contribution is 4.90. The van der Waals surface area contributed by atoms with E-state index in [4.69, 9.17) is 14.2 Å². The van der Waals surface area contributed by atoms with Crippen LogP contribution in [0.1, 0.15) is 96.8 Å². The maximum absolute atomic E-state index is 5.35. The molecule has 9 nitrogen and oxygen atoms in total. The van der Waals surface area contributed by atoms with Gasteiger partial charge >= 0.3 is 0 Å². The van der Waals surface area contributed by atoms with E-state index in [9.17, 15) is 0 Å². The van der Waals surface area contributed by atoms with E-state index in [1.54, 1.807) is 35.5 Å². The molecule has 4 rings (SSSR count). The first kappa shape index (κ1) is 56.5. The van der Waals surface area contributed by atoms with E-state index >= 15 is 0 Å². The van der Waals surface area contributed by atoms with Crippen LogP contribution in [0.3, 0.4) is 0 Å². The van der Waals surface area contributed by atoms with Crippen LogP contribution in [0.2, 0.25) is 0 Å². The van der Waals surface area contributed by atoms with Gasteiger partial charge in [-0.05, 0) is 70.1 Å². The Morgan fingerprint density at radius 2 is 0.780 bits per heavy atom. The highest BCUT2D eigenvalue weighted by Crippen LogP contribution is 2.45. The number of rotatable bonds is 10. The van der Waals surface area contributed by atoms with Crippen LogP contribution in [0.25, 0.3) is 0 Å². The van der Waals surface area contributed by atoms with E-state index in [0.29, 0.717) is 18.3 Å². The number of hydrogen-bond donors (Lipinski definition) is 0. The highest BCUT2D eigenvalue weighted by atomic mass is 16.5. The maximum atomic E-state index is 5.35. The van der Waals surface area contributed by atoms with Gasteiger partial charge in [0.05, 0.1) is 98.0 Å². The summed E-state index contributed by atoms with van der Waals surface area (Å²) in [5, 5.41) is 0. The van der Waals surface area contributed by atoms with E-state index in [1.165, 1.54) is 127 Å². The zero-order valence-corrected chi connectivity index (χ0v) is 33.9. The summed E-state index contributed by atoms with van der Waals surface area (Å²) < 4.78 is 41.9. The van der Waals surface area contributed by atoms with Crippen LogP contribution in [0.4, 0.5) is 0 Å². The molecule has 3 atom stereocenters. The highest BCUT2D eigenvalue weighted by Gasteiger charge is 2.39. The molecule has 9 heteroatoms. The second kappa shape index (κ2) is 52.9. The van der Waals surface area contributed by atoms with Crippen LogP contribution in [0, 0.1) is 11.8 Å². The fraction of sp³-hybridized carbons (Fsp3) is 0.707. The molecule has 0 aromatic heterocycles. The summed E-state index contributed by atoms with van der Waals surface area (Å²) in [5.74, 6) is 1.96. The lowest BCUT2D eigenvalue weighted by atomic mass is 9.98. The van der Waals surface area contributed by atoms with Gasteiger partial charge in [-0.25, -0.2) is 0 Å². The van der Waals surface area contributed by atoms with E-state index in [-0.39, 0.29) is 0 Å². The average molecular weight is 717 g/mol. The van der Waals surface area contributed by atoms with Crippen molar-refractivity contribution >= 4 is 0 Å². The SMILES string of the molecule is C=COC.C=COC.C=COC.C=COC.C=COC.C=COCC.COC1CC2CCC1C2.COC1CCCCC1.COC1CCCCC1. The van der Waals surface area contributed by atoms with Gasteiger partial charge in [0, 0.05) is 21.3 Å². The molecule has 0 amide bonds. The predicted molar refractivity (Wildman–Crippen MR) is 212 cm³/mol. The minimum absolute atomic E-state index is 0.587. The molecule has 298 valence electrons. The van der Waals surface area contributed by atoms with Gasteiger partial charge < -0.3 is 42.6 Å². The van der Waals surface area contributed by atoms with Gasteiger partial charge in [-0.3, -0.25) is 0 Å². The third kappa shape index (κ3) is 47.2. The summed E-state index contributed by atoms with van der Waals surface area (Å²) in [4.78, 5) is 0. The minimum atomic E-state index is 0.587. The fourth-order valence-corrected chi connectivity index (χ4v) is 5.19. The third-order valence-corrected chi connectivity index (χ3v) is 7.86. The Bertz CT molecular complexity index is 611. The van der Waals surface area contributed by atoms with Crippen molar-refractivity contribution in [2.75, 3.05) is 63.5 Å². The van der Waals surface area contributed by atoms with Crippen LogP contribution in [0.15, 0.2) is 77.0 Å². The normalized spacial score (nSPS) is 19.0. The maximum Gasteiger partial charge on any atom is 0.0844 e. The van der Waals surface area contributed by atoms with Crippen molar-refractivity contribution in [3.05, 3.63) is 77.0 Å². The number of methoxy groups -OCH3 is 8. The lowest BCUT2D eigenvalue weighted by Gasteiger charge is -2.19. The monoisotopic (exact) mass is 717 g/mol. The summed E-state index contributed by atoms with van der Waals surface area (Å²) in [6, 6.07) is 0. The Labute approximate surface area is 309 Å². The molecular formula is C41H80O9. The van der Waals surface area contributed by atoms with Crippen molar-refractivity contribution in [1.29, 1.82) is 0 Å². The van der Waals surface area contributed by atoms with E-state index < -0.39 is 0 Å². The van der Waals surface area contributed by atoms with Crippen LogP contribution in [-0.4, -0.2) is 81.8 Å². The third-order valence-electron chi connectivity index (χ3n) is 7.86. The molecule has 3 unspecified atom stereocenters. The molecule has 0 heterocycles. The average Bonchev–Trinajstić information content (AvgIpc) is 3.84. The minimum Gasteiger partial charge on any atom is -0.505 e. The van der Waals surface area contributed by atoms with Crippen LogP contribution >= 0.6 is 0 Å². The first-order chi connectivity index (χ1) is 24.2. The van der Waals surface area contributed by atoms with E-state index in [1.807, 2.05) is 28.3 Å². The van der Waals surface area contributed by atoms with Gasteiger partial charge in [-0.1, -0.05) is 78.0 Å².